The Hall–Kier alpha value is -0.490. The molecule has 0 rings (SSSR count). The molecule has 13 heavy (non-hydrogen) atoms. The predicted octanol–water partition coefficient (Wildman–Crippen LogP) is -1.57. The summed E-state index contributed by atoms with van der Waals surface area (Å²) < 4.78 is 0. The number of rotatable bonds is 5. The second kappa shape index (κ2) is 4.66. The number of hydrogen-bond acceptors (Lipinski definition) is 5. The van der Waals surface area contributed by atoms with Gasteiger partial charge in [-0.1, -0.05) is 0 Å². The molecular formula is C8H16O5. The van der Waals surface area contributed by atoms with Crippen molar-refractivity contribution >= 4 is 6.29 Å². The average molecular weight is 192 g/mol. The largest absolute Gasteiger partial charge is 0.390 e. The van der Waals surface area contributed by atoms with Crippen LogP contribution in [0.4, 0.5) is 0 Å². The van der Waals surface area contributed by atoms with Crippen molar-refractivity contribution in [3.63, 3.8) is 0 Å². The molecule has 5 heteroatoms. The van der Waals surface area contributed by atoms with Gasteiger partial charge in [-0.15, -0.1) is 0 Å². The van der Waals surface area contributed by atoms with Gasteiger partial charge in [0.05, 0.1) is 12.2 Å². The Morgan fingerprint density at radius 1 is 1.23 bits per heavy atom. The van der Waals surface area contributed by atoms with Crippen LogP contribution in [-0.2, 0) is 4.79 Å². The van der Waals surface area contributed by atoms with Crippen molar-refractivity contribution in [2.45, 2.75) is 44.2 Å². The van der Waals surface area contributed by atoms with Gasteiger partial charge >= 0.3 is 0 Å². The van der Waals surface area contributed by atoms with Gasteiger partial charge in [-0.2, -0.15) is 0 Å². The summed E-state index contributed by atoms with van der Waals surface area (Å²) in [5.41, 5.74) is -1.85. The first-order chi connectivity index (χ1) is 5.84. The summed E-state index contributed by atoms with van der Waals surface area (Å²) in [6, 6.07) is 0. The van der Waals surface area contributed by atoms with Crippen molar-refractivity contribution in [3.8, 4) is 0 Å². The van der Waals surface area contributed by atoms with Crippen molar-refractivity contribution in [3.05, 3.63) is 0 Å². The highest BCUT2D eigenvalue weighted by Crippen LogP contribution is 2.21. The predicted molar refractivity (Wildman–Crippen MR) is 45.0 cm³/mol. The van der Waals surface area contributed by atoms with E-state index < -0.39 is 23.9 Å². The summed E-state index contributed by atoms with van der Waals surface area (Å²) in [4.78, 5) is 10.1. The summed E-state index contributed by atoms with van der Waals surface area (Å²) in [6.45, 7) is 2.56. The molecular weight excluding hydrogens is 176 g/mol. The number of aliphatic hydroxyl groups is 4. The maximum atomic E-state index is 10.1. The SMILES string of the molecule is CC(O)C(O)(CC(O)C=O)C(C)O. The lowest BCUT2D eigenvalue weighted by atomic mass is 9.86. The number of carbonyl (C=O) groups excluding carboxylic acids is 1. The highest BCUT2D eigenvalue weighted by atomic mass is 16.4. The van der Waals surface area contributed by atoms with Gasteiger partial charge in [0.2, 0.25) is 0 Å². The zero-order chi connectivity index (χ0) is 10.6. The number of aldehydes is 1. The molecule has 4 N–H and O–H groups in total. The Labute approximate surface area is 76.6 Å². The van der Waals surface area contributed by atoms with E-state index in [0.29, 0.717) is 0 Å². The van der Waals surface area contributed by atoms with Crippen molar-refractivity contribution < 1.29 is 25.2 Å². The lowest BCUT2D eigenvalue weighted by Crippen LogP contribution is -2.52. The van der Waals surface area contributed by atoms with E-state index in [2.05, 4.69) is 0 Å². The van der Waals surface area contributed by atoms with E-state index in [0.717, 1.165) is 0 Å². The van der Waals surface area contributed by atoms with Crippen LogP contribution in [0.1, 0.15) is 20.3 Å². The van der Waals surface area contributed by atoms with E-state index in [1.165, 1.54) is 13.8 Å². The zero-order valence-corrected chi connectivity index (χ0v) is 7.71. The minimum absolute atomic E-state index is 0.246. The van der Waals surface area contributed by atoms with Crippen LogP contribution < -0.4 is 0 Å². The van der Waals surface area contributed by atoms with Crippen molar-refractivity contribution in [1.29, 1.82) is 0 Å². The standard InChI is InChI=1S/C8H16O5/c1-5(10)8(13,6(2)11)3-7(12)4-9/h4-7,10-13H,3H2,1-2H3. The molecule has 0 aromatic heterocycles. The summed E-state index contributed by atoms with van der Waals surface area (Å²) in [5, 5.41) is 36.9. The monoisotopic (exact) mass is 192 g/mol. The Morgan fingerprint density at radius 2 is 1.62 bits per heavy atom. The smallest absolute Gasteiger partial charge is 0.148 e. The van der Waals surface area contributed by atoms with E-state index in [9.17, 15) is 9.90 Å². The third-order valence-corrected chi connectivity index (χ3v) is 2.14. The normalized spacial score (nSPS) is 22.9. The van der Waals surface area contributed by atoms with Crippen molar-refractivity contribution in [2.24, 2.45) is 0 Å². The summed E-state index contributed by atoms with van der Waals surface area (Å²) in [5.74, 6) is 0. The quantitative estimate of drug-likeness (QED) is 0.394. The average Bonchev–Trinajstić information content (AvgIpc) is 2.03. The summed E-state index contributed by atoms with van der Waals surface area (Å²) in [6.07, 6.45) is -3.96. The summed E-state index contributed by atoms with van der Waals surface area (Å²) in [7, 11) is 0. The van der Waals surface area contributed by atoms with E-state index in [1.807, 2.05) is 0 Å². The van der Waals surface area contributed by atoms with Crippen molar-refractivity contribution in [1.82, 2.24) is 0 Å². The zero-order valence-electron chi connectivity index (χ0n) is 7.71. The number of hydrogen-bond donors (Lipinski definition) is 4. The molecule has 3 unspecified atom stereocenters. The fourth-order valence-electron chi connectivity index (χ4n) is 1.07. The van der Waals surface area contributed by atoms with Gasteiger partial charge < -0.3 is 25.2 Å². The van der Waals surface area contributed by atoms with Crippen LogP contribution in [-0.4, -0.2) is 50.6 Å². The summed E-state index contributed by atoms with van der Waals surface area (Å²) >= 11 is 0. The topological polar surface area (TPSA) is 98.0 Å². The molecule has 0 heterocycles. The van der Waals surface area contributed by atoms with E-state index >= 15 is 0 Å². The van der Waals surface area contributed by atoms with Crippen LogP contribution in [0, 0.1) is 0 Å². The van der Waals surface area contributed by atoms with Crippen molar-refractivity contribution in [2.75, 3.05) is 0 Å². The van der Waals surface area contributed by atoms with E-state index in [1.54, 1.807) is 0 Å². The Balaban J connectivity index is 4.51. The molecule has 0 saturated heterocycles. The molecule has 0 radical (unpaired) electrons. The maximum Gasteiger partial charge on any atom is 0.148 e. The van der Waals surface area contributed by atoms with Crippen LogP contribution in [0.25, 0.3) is 0 Å². The third kappa shape index (κ3) is 3.04. The number of carbonyl (C=O) groups is 1. The molecule has 0 aliphatic carbocycles. The van der Waals surface area contributed by atoms with E-state index in [4.69, 9.17) is 15.3 Å². The van der Waals surface area contributed by atoms with Crippen LogP contribution in [0.15, 0.2) is 0 Å². The molecule has 78 valence electrons. The van der Waals surface area contributed by atoms with Gasteiger partial charge in [0.1, 0.15) is 18.0 Å². The maximum absolute atomic E-state index is 10.1. The van der Waals surface area contributed by atoms with Gasteiger partial charge in [-0.05, 0) is 13.8 Å². The van der Waals surface area contributed by atoms with Crippen LogP contribution >= 0.6 is 0 Å². The molecule has 0 fully saturated rings. The minimum Gasteiger partial charge on any atom is -0.390 e. The molecule has 0 aromatic rings. The molecule has 0 amide bonds. The molecule has 0 aliphatic rings. The lowest BCUT2D eigenvalue weighted by molar-refractivity contribution is -0.154. The molecule has 0 aliphatic heterocycles. The molecule has 0 aromatic carbocycles. The minimum atomic E-state index is -1.85. The van der Waals surface area contributed by atoms with Gasteiger partial charge in [0, 0.05) is 6.42 Å². The number of aliphatic hydroxyl groups excluding tert-OH is 3. The molecule has 3 atom stereocenters. The van der Waals surface area contributed by atoms with Gasteiger partial charge in [-0.3, -0.25) is 0 Å². The van der Waals surface area contributed by atoms with E-state index in [-0.39, 0.29) is 12.7 Å². The second-order valence-corrected chi connectivity index (χ2v) is 3.25. The highest BCUT2D eigenvalue weighted by molar-refractivity contribution is 5.55. The Kier molecular flexibility index (Phi) is 4.49. The molecule has 0 saturated carbocycles. The van der Waals surface area contributed by atoms with Crippen LogP contribution in [0.5, 0.6) is 0 Å². The Morgan fingerprint density at radius 3 is 1.85 bits per heavy atom. The molecule has 0 spiro atoms. The molecule has 5 nitrogen and oxygen atoms in total. The first-order valence-corrected chi connectivity index (χ1v) is 4.06. The highest BCUT2D eigenvalue weighted by Gasteiger charge is 2.39. The lowest BCUT2D eigenvalue weighted by Gasteiger charge is -2.34. The van der Waals surface area contributed by atoms with Crippen LogP contribution in [0.3, 0.4) is 0 Å². The second-order valence-electron chi connectivity index (χ2n) is 3.25. The van der Waals surface area contributed by atoms with Crippen LogP contribution in [0.2, 0.25) is 0 Å². The molecule has 0 bridgehead atoms. The third-order valence-electron chi connectivity index (χ3n) is 2.14. The Bertz CT molecular complexity index is 158. The van der Waals surface area contributed by atoms with Gasteiger partial charge in [0.15, 0.2) is 0 Å². The first kappa shape index (κ1) is 12.5. The van der Waals surface area contributed by atoms with Gasteiger partial charge in [-0.25, -0.2) is 0 Å². The fraction of sp³-hybridized carbons (Fsp3) is 0.875. The fourth-order valence-corrected chi connectivity index (χ4v) is 1.07. The van der Waals surface area contributed by atoms with Gasteiger partial charge in [0.25, 0.3) is 0 Å². The first-order valence-electron chi connectivity index (χ1n) is 4.06.